The number of nitrogens with zero attached hydrogens (tertiary/aromatic N) is 4. The maximum absolute atomic E-state index is 12.6. The Labute approximate surface area is 186 Å². The molecule has 0 fully saturated rings. The molecule has 0 N–H and O–H groups in total. The van der Waals surface area contributed by atoms with Crippen LogP contribution in [0.3, 0.4) is 0 Å². The number of hydrogen-bond acceptors (Lipinski definition) is 5. The second-order valence-electron chi connectivity index (χ2n) is 6.92. The normalized spacial score (nSPS) is 11.5. The molecule has 0 spiro atoms. The summed E-state index contributed by atoms with van der Waals surface area (Å²) < 4.78 is 3.82. The Morgan fingerprint density at radius 2 is 1.93 bits per heavy atom. The number of halogens is 1. The molecule has 5 rings (SSSR count). The Kier molecular flexibility index (Phi) is 5.10. The SMILES string of the molecule is Cn1c(SCc2nc3cc(Cl)ccc3n2Cc2ccccc2)nc2sccc2c1=O. The van der Waals surface area contributed by atoms with Crippen LogP contribution in [0.15, 0.2) is 69.9 Å². The number of imidazole rings is 1. The summed E-state index contributed by atoms with van der Waals surface area (Å²) in [6.07, 6.45) is 0. The zero-order valence-electron chi connectivity index (χ0n) is 16.1. The zero-order valence-corrected chi connectivity index (χ0v) is 18.5. The van der Waals surface area contributed by atoms with Crippen molar-refractivity contribution >= 4 is 55.9 Å². The van der Waals surface area contributed by atoms with Gasteiger partial charge in [0.15, 0.2) is 5.16 Å². The minimum absolute atomic E-state index is 0.0201. The van der Waals surface area contributed by atoms with Crippen molar-refractivity contribution < 1.29 is 0 Å². The second-order valence-corrected chi connectivity index (χ2v) is 9.19. The molecule has 8 heteroatoms. The van der Waals surface area contributed by atoms with Crippen molar-refractivity contribution in [1.29, 1.82) is 0 Å². The molecule has 5 nitrogen and oxygen atoms in total. The van der Waals surface area contributed by atoms with E-state index in [1.54, 1.807) is 11.6 Å². The summed E-state index contributed by atoms with van der Waals surface area (Å²) in [7, 11) is 1.77. The highest BCUT2D eigenvalue weighted by molar-refractivity contribution is 7.98. The molecule has 0 atom stereocenters. The van der Waals surface area contributed by atoms with Crippen LogP contribution >= 0.6 is 34.7 Å². The Morgan fingerprint density at radius 3 is 2.77 bits per heavy atom. The fraction of sp³-hybridized carbons (Fsp3) is 0.136. The van der Waals surface area contributed by atoms with Gasteiger partial charge in [-0.3, -0.25) is 9.36 Å². The van der Waals surface area contributed by atoms with Gasteiger partial charge in [-0.25, -0.2) is 9.97 Å². The van der Waals surface area contributed by atoms with Gasteiger partial charge in [-0.15, -0.1) is 11.3 Å². The van der Waals surface area contributed by atoms with E-state index in [1.807, 2.05) is 47.8 Å². The van der Waals surface area contributed by atoms with Gasteiger partial charge in [0.05, 0.1) is 22.2 Å². The molecule has 0 amide bonds. The molecule has 0 aliphatic carbocycles. The molecule has 150 valence electrons. The van der Waals surface area contributed by atoms with Crippen LogP contribution in [-0.2, 0) is 19.3 Å². The van der Waals surface area contributed by atoms with Crippen LogP contribution in [0.4, 0.5) is 0 Å². The van der Waals surface area contributed by atoms with Crippen LogP contribution in [0.25, 0.3) is 21.3 Å². The topological polar surface area (TPSA) is 52.7 Å². The molecule has 30 heavy (non-hydrogen) atoms. The summed E-state index contributed by atoms with van der Waals surface area (Å²) in [4.78, 5) is 22.9. The summed E-state index contributed by atoms with van der Waals surface area (Å²) >= 11 is 9.20. The first-order valence-electron chi connectivity index (χ1n) is 9.36. The highest BCUT2D eigenvalue weighted by Crippen LogP contribution is 2.27. The average molecular weight is 453 g/mol. The van der Waals surface area contributed by atoms with E-state index < -0.39 is 0 Å². The molecule has 0 unspecified atom stereocenters. The fourth-order valence-corrected chi connectivity index (χ4v) is 5.33. The Hall–Kier alpha value is -2.61. The predicted molar refractivity (Wildman–Crippen MR) is 125 cm³/mol. The van der Waals surface area contributed by atoms with E-state index >= 15 is 0 Å². The van der Waals surface area contributed by atoms with Crippen LogP contribution in [-0.4, -0.2) is 19.1 Å². The number of thiophene rings is 1. The zero-order chi connectivity index (χ0) is 20.7. The summed E-state index contributed by atoms with van der Waals surface area (Å²) in [5.74, 6) is 1.51. The minimum Gasteiger partial charge on any atom is -0.323 e. The third-order valence-electron chi connectivity index (χ3n) is 4.97. The number of hydrogen-bond donors (Lipinski definition) is 0. The van der Waals surface area contributed by atoms with Gasteiger partial charge >= 0.3 is 0 Å². The average Bonchev–Trinajstić information content (AvgIpc) is 3.35. The molecular weight excluding hydrogens is 436 g/mol. The molecule has 0 bridgehead atoms. The summed E-state index contributed by atoms with van der Waals surface area (Å²) in [5.41, 5.74) is 3.08. The van der Waals surface area contributed by atoms with Crippen LogP contribution < -0.4 is 5.56 Å². The lowest BCUT2D eigenvalue weighted by atomic mass is 10.2. The van der Waals surface area contributed by atoms with Gasteiger partial charge < -0.3 is 4.57 Å². The number of thioether (sulfide) groups is 1. The Bertz CT molecular complexity index is 1420. The summed E-state index contributed by atoms with van der Waals surface area (Å²) in [5, 5.41) is 3.92. The fourth-order valence-electron chi connectivity index (χ4n) is 3.44. The van der Waals surface area contributed by atoms with Gasteiger partial charge in [-0.05, 0) is 35.2 Å². The van der Waals surface area contributed by atoms with Crippen molar-refractivity contribution in [3.05, 3.63) is 86.7 Å². The van der Waals surface area contributed by atoms with Crippen LogP contribution in [0, 0.1) is 0 Å². The third-order valence-corrected chi connectivity index (χ3v) is 7.03. The molecule has 2 aromatic carbocycles. The van der Waals surface area contributed by atoms with Crippen molar-refractivity contribution in [3.8, 4) is 0 Å². The van der Waals surface area contributed by atoms with E-state index in [4.69, 9.17) is 16.6 Å². The van der Waals surface area contributed by atoms with Crippen molar-refractivity contribution in [3.63, 3.8) is 0 Å². The van der Waals surface area contributed by atoms with E-state index in [2.05, 4.69) is 21.7 Å². The maximum atomic E-state index is 12.6. The molecule has 3 aromatic heterocycles. The van der Waals surface area contributed by atoms with Gasteiger partial charge in [0.1, 0.15) is 10.7 Å². The van der Waals surface area contributed by atoms with Crippen LogP contribution in [0.1, 0.15) is 11.4 Å². The van der Waals surface area contributed by atoms with E-state index in [1.165, 1.54) is 28.7 Å². The molecule has 0 aliphatic rings. The van der Waals surface area contributed by atoms with Gasteiger partial charge in [-0.1, -0.05) is 53.7 Å². The summed E-state index contributed by atoms with van der Waals surface area (Å²) in [6, 6.07) is 17.9. The molecule has 5 aromatic rings. The monoisotopic (exact) mass is 452 g/mol. The first kappa shape index (κ1) is 19.4. The van der Waals surface area contributed by atoms with Crippen LogP contribution in [0.5, 0.6) is 0 Å². The number of fused-ring (bicyclic) bond motifs is 2. The Morgan fingerprint density at radius 1 is 1.10 bits per heavy atom. The van der Waals surface area contributed by atoms with E-state index in [0.29, 0.717) is 27.9 Å². The predicted octanol–water partition coefficient (Wildman–Crippen LogP) is 5.34. The number of rotatable bonds is 5. The van der Waals surface area contributed by atoms with Gasteiger partial charge in [0, 0.05) is 18.6 Å². The smallest absolute Gasteiger partial charge is 0.262 e. The van der Waals surface area contributed by atoms with Crippen LogP contribution in [0.2, 0.25) is 5.02 Å². The molecule has 0 saturated carbocycles. The lowest BCUT2D eigenvalue weighted by Gasteiger charge is -2.10. The molecule has 0 aliphatic heterocycles. The molecule has 3 heterocycles. The maximum Gasteiger partial charge on any atom is 0.262 e. The lowest BCUT2D eigenvalue weighted by Crippen LogP contribution is -2.19. The number of aromatic nitrogens is 4. The lowest BCUT2D eigenvalue weighted by molar-refractivity contribution is 0.725. The second kappa shape index (κ2) is 7.91. The van der Waals surface area contributed by atoms with Crippen molar-refractivity contribution in [2.45, 2.75) is 17.5 Å². The highest BCUT2D eigenvalue weighted by atomic mass is 35.5. The minimum atomic E-state index is -0.0201. The van der Waals surface area contributed by atoms with Gasteiger partial charge in [0.2, 0.25) is 0 Å². The van der Waals surface area contributed by atoms with Crippen molar-refractivity contribution in [2.24, 2.45) is 7.05 Å². The van der Waals surface area contributed by atoms with Crippen molar-refractivity contribution in [1.82, 2.24) is 19.1 Å². The first-order valence-corrected chi connectivity index (χ1v) is 11.6. The quantitative estimate of drug-likeness (QED) is 0.267. The molecular formula is C22H17ClN4OS2. The number of benzene rings is 2. The van der Waals surface area contributed by atoms with Gasteiger partial charge in [0.25, 0.3) is 5.56 Å². The molecule has 0 saturated heterocycles. The van der Waals surface area contributed by atoms with E-state index in [0.717, 1.165) is 21.7 Å². The first-order chi connectivity index (χ1) is 14.6. The van der Waals surface area contributed by atoms with Gasteiger partial charge in [-0.2, -0.15) is 0 Å². The standard InChI is InChI=1S/C22H17ClN4OS2/c1-26-21(28)16-9-10-29-20(16)25-22(26)30-13-19-24-17-11-15(23)7-8-18(17)27(19)12-14-5-3-2-4-6-14/h2-11H,12-13H2,1H3. The van der Waals surface area contributed by atoms with E-state index in [9.17, 15) is 4.79 Å². The third kappa shape index (κ3) is 3.53. The molecule has 0 radical (unpaired) electrons. The largest absolute Gasteiger partial charge is 0.323 e. The van der Waals surface area contributed by atoms with Crippen molar-refractivity contribution in [2.75, 3.05) is 0 Å². The highest BCUT2D eigenvalue weighted by Gasteiger charge is 2.15. The Balaban J connectivity index is 1.53. The van der Waals surface area contributed by atoms with E-state index in [-0.39, 0.29) is 5.56 Å². The summed E-state index contributed by atoms with van der Waals surface area (Å²) in [6.45, 7) is 0.713.